The van der Waals surface area contributed by atoms with E-state index >= 15 is 0 Å². The van der Waals surface area contributed by atoms with E-state index in [9.17, 15) is 18.3 Å². The standard InChI is InChI=1S/C14H15N3O4S/c18-14(19)10-6-8-3-4-11(10)17(8)22(20,21)12-7-16-13-9(12)2-1-5-15-13/h1-2,5,7-8,10-11H,3-4,6H2,(H,15,16)(H,18,19)/t8-,10+,11-/m1/s1. The maximum Gasteiger partial charge on any atom is 0.308 e. The van der Waals surface area contributed by atoms with Gasteiger partial charge in [0.25, 0.3) is 0 Å². The van der Waals surface area contributed by atoms with Gasteiger partial charge in [0.15, 0.2) is 0 Å². The van der Waals surface area contributed by atoms with Crippen molar-refractivity contribution < 1.29 is 18.3 Å². The summed E-state index contributed by atoms with van der Waals surface area (Å²) >= 11 is 0. The van der Waals surface area contributed by atoms with E-state index in [1.807, 2.05) is 0 Å². The van der Waals surface area contributed by atoms with Crippen molar-refractivity contribution in [1.82, 2.24) is 14.3 Å². The van der Waals surface area contributed by atoms with Gasteiger partial charge in [0.1, 0.15) is 10.5 Å². The van der Waals surface area contributed by atoms with Gasteiger partial charge < -0.3 is 10.1 Å². The van der Waals surface area contributed by atoms with E-state index in [1.165, 1.54) is 10.5 Å². The van der Waals surface area contributed by atoms with Gasteiger partial charge in [-0.3, -0.25) is 4.79 Å². The Balaban J connectivity index is 1.80. The van der Waals surface area contributed by atoms with Gasteiger partial charge in [-0.05, 0) is 31.4 Å². The molecule has 0 spiro atoms. The van der Waals surface area contributed by atoms with Crippen LogP contribution in [0.15, 0.2) is 29.4 Å². The Hall–Kier alpha value is -1.93. The third-order valence-corrected chi connectivity index (χ3v) is 6.78. The molecule has 3 atom stereocenters. The van der Waals surface area contributed by atoms with Gasteiger partial charge in [-0.15, -0.1) is 0 Å². The molecule has 2 aliphatic heterocycles. The number of sulfonamides is 1. The lowest BCUT2D eigenvalue weighted by atomic mass is 9.89. The van der Waals surface area contributed by atoms with Crippen LogP contribution in [-0.2, 0) is 14.8 Å². The lowest BCUT2D eigenvalue weighted by Gasteiger charge is -2.22. The number of nitrogens with zero attached hydrogens (tertiary/aromatic N) is 2. The first-order valence-electron chi connectivity index (χ1n) is 7.18. The highest BCUT2D eigenvalue weighted by Crippen LogP contribution is 2.45. The van der Waals surface area contributed by atoms with Crippen LogP contribution < -0.4 is 0 Å². The molecular formula is C14H15N3O4S. The summed E-state index contributed by atoms with van der Waals surface area (Å²) in [7, 11) is -3.73. The normalized spacial score (nSPS) is 28.5. The number of carboxylic acids is 1. The second-order valence-corrected chi connectivity index (χ2v) is 7.68. The number of hydrogen-bond acceptors (Lipinski definition) is 4. The lowest BCUT2D eigenvalue weighted by molar-refractivity contribution is -0.142. The third-order valence-electron chi connectivity index (χ3n) is 4.76. The Labute approximate surface area is 127 Å². The van der Waals surface area contributed by atoms with Crippen LogP contribution in [0.1, 0.15) is 19.3 Å². The maximum atomic E-state index is 13.0. The molecule has 4 rings (SSSR count). The number of carbonyl (C=O) groups is 1. The Morgan fingerprint density at radius 2 is 2.23 bits per heavy atom. The molecule has 2 bridgehead atoms. The van der Waals surface area contributed by atoms with Crippen LogP contribution in [-0.4, -0.2) is 45.9 Å². The molecule has 2 saturated heterocycles. The van der Waals surface area contributed by atoms with E-state index in [-0.39, 0.29) is 10.9 Å². The molecule has 0 aliphatic carbocycles. The van der Waals surface area contributed by atoms with Gasteiger partial charge in [-0.2, -0.15) is 4.31 Å². The fraction of sp³-hybridized carbons (Fsp3) is 0.429. The summed E-state index contributed by atoms with van der Waals surface area (Å²) in [5.74, 6) is -1.51. The van der Waals surface area contributed by atoms with Crippen molar-refractivity contribution in [2.45, 2.75) is 36.2 Å². The Morgan fingerprint density at radius 1 is 1.41 bits per heavy atom. The first-order chi connectivity index (χ1) is 10.5. The quantitative estimate of drug-likeness (QED) is 0.884. The van der Waals surface area contributed by atoms with Crippen molar-refractivity contribution in [2.75, 3.05) is 0 Å². The number of hydrogen-bond donors (Lipinski definition) is 2. The first-order valence-corrected chi connectivity index (χ1v) is 8.62. The van der Waals surface area contributed by atoms with Gasteiger partial charge in [0.05, 0.1) is 5.92 Å². The fourth-order valence-corrected chi connectivity index (χ4v) is 5.91. The zero-order chi connectivity index (χ0) is 15.5. The maximum absolute atomic E-state index is 13.0. The molecule has 2 aromatic rings. The Kier molecular flexibility index (Phi) is 2.82. The van der Waals surface area contributed by atoms with Crippen molar-refractivity contribution >= 4 is 27.0 Å². The molecule has 4 heterocycles. The van der Waals surface area contributed by atoms with Crippen molar-refractivity contribution in [3.05, 3.63) is 24.5 Å². The summed E-state index contributed by atoms with van der Waals surface area (Å²) in [5.41, 5.74) is 0.516. The van der Waals surface area contributed by atoms with Crippen LogP contribution in [0.2, 0.25) is 0 Å². The molecule has 0 aromatic carbocycles. The molecule has 2 fully saturated rings. The molecule has 0 amide bonds. The highest BCUT2D eigenvalue weighted by molar-refractivity contribution is 7.89. The summed E-state index contributed by atoms with van der Waals surface area (Å²) in [4.78, 5) is 18.5. The second-order valence-electron chi connectivity index (χ2n) is 5.87. The predicted molar refractivity (Wildman–Crippen MR) is 77.7 cm³/mol. The smallest absolute Gasteiger partial charge is 0.308 e. The number of aromatic nitrogens is 2. The van der Waals surface area contributed by atoms with Gasteiger partial charge in [-0.25, -0.2) is 13.4 Å². The number of aromatic amines is 1. The highest BCUT2D eigenvalue weighted by Gasteiger charge is 2.54. The van der Waals surface area contributed by atoms with Crippen LogP contribution in [0.4, 0.5) is 0 Å². The summed E-state index contributed by atoms with van der Waals surface area (Å²) in [6.45, 7) is 0. The minimum atomic E-state index is -3.73. The van der Waals surface area contributed by atoms with E-state index < -0.39 is 28.0 Å². The summed E-state index contributed by atoms with van der Waals surface area (Å²) < 4.78 is 27.5. The number of pyridine rings is 1. The topological polar surface area (TPSA) is 103 Å². The second kappa shape index (κ2) is 4.53. The predicted octanol–water partition coefficient (Wildman–Crippen LogP) is 1.19. The largest absolute Gasteiger partial charge is 0.481 e. The van der Waals surface area contributed by atoms with Crippen molar-refractivity contribution in [2.24, 2.45) is 5.92 Å². The zero-order valence-corrected chi connectivity index (χ0v) is 12.5. The van der Waals surface area contributed by atoms with Crippen molar-refractivity contribution in [3.8, 4) is 0 Å². The number of carboxylic acid groups (broad SMARTS) is 1. The number of rotatable bonds is 3. The number of fused-ring (bicyclic) bond motifs is 3. The molecule has 2 aromatic heterocycles. The van der Waals surface area contributed by atoms with E-state index in [2.05, 4.69) is 9.97 Å². The minimum Gasteiger partial charge on any atom is -0.481 e. The molecule has 2 N–H and O–H groups in total. The molecule has 0 radical (unpaired) electrons. The summed E-state index contributed by atoms with van der Waals surface area (Å²) in [5, 5.41) is 9.83. The SMILES string of the molecule is O=C(O)[C@H]1C[C@H]2CC[C@H]1N2S(=O)(=O)c1c[nH]c2ncccc12. The molecule has 7 nitrogen and oxygen atoms in total. The number of nitrogens with one attached hydrogen (secondary N) is 1. The van der Waals surface area contributed by atoms with E-state index in [0.29, 0.717) is 23.9 Å². The average molecular weight is 321 g/mol. The number of H-pyrrole nitrogens is 1. The minimum absolute atomic E-state index is 0.179. The van der Waals surface area contributed by atoms with E-state index in [1.54, 1.807) is 18.3 Å². The molecular weight excluding hydrogens is 306 g/mol. The van der Waals surface area contributed by atoms with Gasteiger partial charge in [0.2, 0.25) is 10.0 Å². The zero-order valence-electron chi connectivity index (χ0n) is 11.6. The highest BCUT2D eigenvalue weighted by atomic mass is 32.2. The summed E-state index contributed by atoms with van der Waals surface area (Å²) in [6.07, 6.45) is 4.78. The lowest BCUT2D eigenvalue weighted by Crippen LogP contribution is -2.37. The molecule has 0 unspecified atom stereocenters. The molecule has 0 saturated carbocycles. The number of aliphatic carboxylic acids is 1. The van der Waals surface area contributed by atoms with E-state index in [4.69, 9.17) is 0 Å². The van der Waals surface area contributed by atoms with Crippen LogP contribution in [0.3, 0.4) is 0 Å². The summed E-state index contributed by atoms with van der Waals surface area (Å²) in [6, 6.07) is 2.75. The Morgan fingerprint density at radius 3 is 2.95 bits per heavy atom. The van der Waals surface area contributed by atoms with Crippen LogP contribution in [0, 0.1) is 5.92 Å². The molecule has 8 heteroatoms. The van der Waals surface area contributed by atoms with Gasteiger partial charge in [-0.1, -0.05) is 0 Å². The first kappa shape index (κ1) is 13.7. The van der Waals surface area contributed by atoms with Crippen molar-refractivity contribution in [1.29, 1.82) is 0 Å². The van der Waals surface area contributed by atoms with Gasteiger partial charge >= 0.3 is 5.97 Å². The van der Waals surface area contributed by atoms with Gasteiger partial charge in [0, 0.05) is 29.9 Å². The monoisotopic (exact) mass is 321 g/mol. The fourth-order valence-electron chi connectivity index (χ4n) is 3.84. The third kappa shape index (κ3) is 1.74. The van der Waals surface area contributed by atoms with Crippen molar-refractivity contribution in [3.63, 3.8) is 0 Å². The van der Waals surface area contributed by atoms with Crippen LogP contribution in [0.5, 0.6) is 0 Å². The van der Waals surface area contributed by atoms with Crippen LogP contribution >= 0.6 is 0 Å². The Bertz CT molecular complexity index is 860. The van der Waals surface area contributed by atoms with Crippen LogP contribution in [0.25, 0.3) is 11.0 Å². The average Bonchev–Trinajstić information content (AvgIpc) is 3.19. The molecule has 116 valence electrons. The molecule has 22 heavy (non-hydrogen) atoms. The molecule has 2 aliphatic rings. The van der Waals surface area contributed by atoms with E-state index in [0.717, 1.165) is 6.42 Å².